The van der Waals surface area contributed by atoms with Crippen LogP contribution in [-0.2, 0) is 4.84 Å². The van der Waals surface area contributed by atoms with Crippen molar-refractivity contribution in [1.82, 2.24) is 5.48 Å². The Morgan fingerprint density at radius 1 is 1.36 bits per heavy atom. The normalized spacial score (nSPS) is 9.93. The van der Waals surface area contributed by atoms with Crippen molar-refractivity contribution >= 4 is 37.8 Å². The summed E-state index contributed by atoms with van der Waals surface area (Å²) in [7, 11) is 0. The average molecular weight is 323 g/mol. The largest absolute Gasteiger partial charge is 0.274 e. The third-order valence-corrected chi connectivity index (χ3v) is 2.35. The Kier molecular flexibility index (Phi) is 4.57. The minimum Gasteiger partial charge on any atom is -0.274 e. The number of hydroxylamine groups is 1. The zero-order valence-corrected chi connectivity index (χ0v) is 10.7. The molecule has 0 saturated carbocycles. The molecule has 0 fully saturated rings. The molecule has 1 amide bonds. The van der Waals surface area contributed by atoms with Crippen LogP contribution in [0.3, 0.4) is 0 Å². The Morgan fingerprint density at radius 2 is 1.93 bits per heavy atom. The Labute approximate surface area is 99.0 Å². The highest BCUT2D eigenvalue weighted by atomic mass is 79.9. The SMILES string of the molecule is CCONC(=O)c1cc(Br)cc(Br)c1. The number of nitrogens with one attached hydrogen (secondary N) is 1. The molecule has 0 atom stereocenters. The van der Waals surface area contributed by atoms with E-state index < -0.39 is 0 Å². The van der Waals surface area contributed by atoms with Crippen LogP contribution in [0, 0.1) is 0 Å². The molecular formula is C9H9Br2NO2. The van der Waals surface area contributed by atoms with Gasteiger partial charge in [-0.1, -0.05) is 31.9 Å². The van der Waals surface area contributed by atoms with Crippen molar-refractivity contribution in [2.45, 2.75) is 6.92 Å². The van der Waals surface area contributed by atoms with Crippen molar-refractivity contribution in [3.8, 4) is 0 Å². The summed E-state index contributed by atoms with van der Waals surface area (Å²) in [5.74, 6) is -0.256. The molecule has 0 aliphatic heterocycles. The minimum absolute atomic E-state index is 0.256. The van der Waals surface area contributed by atoms with E-state index in [-0.39, 0.29) is 5.91 Å². The van der Waals surface area contributed by atoms with Gasteiger partial charge >= 0.3 is 0 Å². The summed E-state index contributed by atoms with van der Waals surface area (Å²) in [5, 5.41) is 0. The van der Waals surface area contributed by atoms with Gasteiger partial charge in [0.05, 0.1) is 6.61 Å². The zero-order chi connectivity index (χ0) is 10.6. The summed E-state index contributed by atoms with van der Waals surface area (Å²) in [6.07, 6.45) is 0. The number of benzene rings is 1. The standard InChI is InChI=1S/C9H9Br2NO2/c1-2-14-12-9(13)6-3-7(10)5-8(11)4-6/h3-5H,2H2,1H3,(H,12,13). The maximum atomic E-state index is 11.4. The van der Waals surface area contributed by atoms with Gasteiger partial charge in [-0.25, -0.2) is 5.48 Å². The van der Waals surface area contributed by atoms with Gasteiger partial charge in [0, 0.05) is 14.5 Å². The maximum Gasteiger partial charge on any atom is 0.274 e. The molecule has 0 unspecified atom stereocenters. The molecule has 0 aliphatic rings. The molecule has 0 heterocycles. The van der Waals surface area contributed by atoms with Gasteiger partial charge in [-0.2, -0.15) is 0 Å². The van der Waals surface area contributed by atoms with Gasteiger partial charge < -0.3 is 0 Å². The molecule has 5 heteroatoms. The predicted octanol–water partition coefficient (Wildman–Crippen LogP) is 2.89. The monoisotopic (exact) mass is 321 g/mol. The van der Waals surface area contributed by atoms with Crippen molar-refractivity contribution < 1.29 is 9.63 Å². The van der Waals surface area contributed by atoms with E-state index in [1.807, 2.05) is 6.07 Å². The molecule has 1 rings (SSSR count). The molecule has 1 aromatic carbocycles. The van der Waals surface area contributed by atoms with Crippen molar-refractivity contribution in [2.75, 3.05) is 6.61 Å². The Bertz CT molecular complexity index is 321. The summed E-state index contributed by atoms with van der Waals surface area (Å²) < 4.78 is 1.68. The Balaban J connectivity index is 2.79. The van der Waals surface area contributed by atoms with E-state index in [0.717, 1.165) is 8.95 Å². The first kappa shape index (κ1) is 11.7. The Morgan fingerprint density at radius 3 is 2.43 bits per heavy atom. The summed E-state index contributed by atoms with van der Waals surface area (Å²) in [6.45, 7) is 2.25. The fraction of sp³-hybridized carbons (Fsp3) is 0.222. The predicted molar refractivity (Wildman–Crippen MR) is 60.9 cm³/mol. The fourth-order valence-corrected chi connectivity index (χ4v) is 2.18. The van der Waals surface area contributed by atoms with Crippen molar-refractivity contribution in [1.29, 1.82) is 0 Å². The first-order valence-corrected chi connectivity index (χ1v) is 5.60. The summed E-state index contributed by atoms with van der Waals surface area (Å²) in [6, 6.07) is 5.30. The zero-order valence-electron chi connectivity index (χ0n) is 7.51. The lowest BCUT2D eigenvalue weighted by atomic mass is 10.2. The lowest BCUT2D eigenvalue weighted by Gasteiger charge is -2.04. The van der Waals surface area contributed by atoms with Crippen LogP contribution in [-0.4, -0.2) is 12.5 Å². The molecule has 1 aromatic rings. The van der Waals surface area contributed by atoms with E-state index in [0.29, 0.717) is 12.2 Å². The van der Waals surface area contributed by atoms with E-state index in [1.54, 1.807) is 19.1 Å². The van der Waals surface area contributed by atoms with Crippen LogP contribution < -0.4 is 5.48 Å². The second kappa shape index (κ2) is 5.48. The van der Waals surface area contributed by atoms with Crippen LogP contribution in [0.15, 0.2) is 27.1 Å². The van der Waals surface area contributed by atoms with Crippen molar-refractivity contribution in [2.24, 2.45) is 0 Å². The number of hydrogen-bond acceptors (Lipinski definition) is 2. The van der Waals surface area contributed by atoms with E-state index >= 15 is 0 Å². The van der Waals surface area contributed by atoms with Gasteiger partial charge in [-0.3, -0.25) is 9.63 Å². The number of halogens is 2. The van der Waals surface area contributed by atoms with Crippen LogP contribution in [0.25, 0.3) is 0 Å². The van der Waals surface area contributed by atoms with Crippen molar-refractivity contribution in [3.63, 3.8) is 0 Å². The highest BCUT2D eigenvalue weighted by molar-refractivity contribution is 9.11. The van der Waals surface area contributed by atoms with E-state index in [2.05, 4.69) is 37.3 Å². The molecule has 0 aromatic heterocycles. The number of hydrogen-bond donors (Lipinski definition) is 1. The van der Waals surface area contributed by atoms with Gasteiger partial charge in [0.15, 0.2) is 0 Å². The highest BCUT2D eigenvalue weighted by Gasteiger charge is 2.06. The molecule has 76 valence electrons. The highest BCUT2D eigenvalue weighted by Crippen LogP contribution is 2.19. The molecule has 3 nitrogen and oxygen atoms in total. The topological polar surface area (TPSA) is 38.3 Å². The van der Waals surface area contributed by atoms with E-state index in [4.69, 9.17) is 4.84 Å². The van der Waals surface area contributed by atoms with Crippen LogP contribution >= 0.6 is 31.9 Å². The van der Waals surface area contributed by atoms with Crippen molar-refractivity contribution in [3.05, 3.63) is 32.7 Å². The Hall–Kier alpha value is -0.390. The second-order valence-corrected chi connectivity index (χ2v) is 4.35. The third-order valence-electron chi connectivity index (χ3n) is 1.43. The van der Waals surface area contributed by atoms with Gasteiger partial charge in [0.2, 0.25) is 0 Å². The smallest absolute Gasteiger partial charge is 0.274 e. The minimum atomic E-state index is -0.256. The molecule has 14 heavy (non-hydrogen) atoms. The van der Waals surface area contributed by atoms with E-state index in [1.165, 1.54) is 0 Å². The maximum absolute atomic E-state index is 11.4. The number of carbonyl (C=O) groups is 1. The summed E-state index contributed by atoms with van der Waals surface area (Å²) >= 11 is 6.60. The molecule has 0 aliphatic carbocycles. The number of rotatable bonds is 3. The van der Waals surface area contributed by atoms with Gasteiger partial charge in [-0.05, 0) is 25.1 Å². The lowest BCUT2D eigenvalue weighted by Crippen LogP contribution is -2.23. The number of amides is 1. The quantitative estimate of drug-likeness (QED) is 0.869. The molecular weight excluding hydrogens is 314 g/mol. The van der Waals surface area contributed by atoms with Gasteiger partial charge in [0.25, 0.3) is 5.91 Å². The summed E-state index contributed by atoms with van der Waals surface area (Å²) in [5.41, 5.74) is 2.86. The molecule has 0 bridgehead atoms. The average Bonchev–Trinajstić information content (AvgIpc) is 2.12. The second-order valence-electron chi connectivity index (χ2n) is 2.52. The lowest BCUT2D eigenvalue weighted by molar-refractivity contribution is 0.0364. The van der Waals surface area contributed by atoms with Crippen LogP contribution in [0.5, 0.6) is 0 Å². The molecule has 0 radical (unpaired) electrons. The fourth-order valence-electron chi connectivity index (χ4n) is 0.882. The van der Waals surface area contributed by atoms with Gasteiger partial charge in [-0.15, -0.1) is 0 Å². The molecule has 0 spiro atoms. The van der Waals surface area contributed by atoms with Gasteiger partial charge in [0.1, 0.15) is 0 Å². The number of carbonyl (C=O) groups excluding carboxylic acids is 1. The molecule has 0 saturated heterocycles. The summed E-state index contributed by atoms with van der Waals surface area (Å²) in [4.78, 5) is 16.2. The van der Waals surface area contributed by atoms with E-state index in [9.17, 15) is 4.79 Å². The third kappa shape index (κ3) is 3.40. The van der Waals surface area contributed by atoms with Crippen LogP contribution in [0.1, 0.15) is 17.3 Å². The molecule has 1 N–H and O–H groups in total. The van der Waals surface area contributed by atoms with Crippen LogP contribution in [0.2, 0.25) is 0 Å². The first-order chi connectivity index (χ1) is 6.63. The van der Waals surface area contributed by atoms with Crippen LogP contribution in [0.4, 0.5) is 0 Å². The first-order valence-electron chi connectivity index (χ1n) is 4.01.